The molecule has 0 aromatic heterocycles. The van der Waals surface area contributed by atoms with E-state index >= 15 is 0 Å². The van der Waals surface area contributed by atoms with Crippen LogP contribution in [-0.2, 0) is 0 Å². The minimum Gasteiger partial charge on any atom is -0.390 e. The van der Waals surface area contributed by atoms with Gasteiger partial charge < -0.3 is 10.4 Å². The average molecular weight is 173 g/mol. The largest absolute Gasteiger partial charge is 0.390 e. The lowest BCUT2D eigenvalue weighted by Crippen LogP contribution is -2.45. The molecule has 0 spiro atoms. The smallest absolute Gasteiger partial charge is 0.0595 e. The predicted octanol–water partition coefficient (Wildman–Crippen LogP) is 1.78. The number of nitrogens with one attached hydrogen (secondary N) is 1. The Kier molecular flexibility index (Phi) is 3.73. The molecule has 1 unspecified atom stereocenters. The summed E-state index contributed by atoms with van der Waals surface area (Å²) in [4.78, 5) is 0. The van der Waals surface area contributed by atoms with E-state index < -0.39 is 5.60 Å². The second kappa shape index (κ2) is 3.75. The summed E-state index contributed by atoms with van der Waals surface area (Å²) in [5, 5.41) is 12.9. The Bertz CT molecular complexity index is 135. The van der Waals surface area contributed by atoms with Crippen LogP contribution in [0.2, 0.25) is 0 Å². The van der Waals surface area contributed by atoms with Crippen LogP contribution in [0.5, 0.6) is 0 Å². The Hall–Kier alpha value is -0.0800. The van der Waals surface area contributed by atoms with Gasteiger partial charge in [0.25, 0.3) is 0 Å². The van der Waals surface area contributed by atoms with Gasteiger partial charge in [-0.15, -0.1) is 0 Å². The first-order valence-electron chi connectivity index (χ1n) is 4.60. The molecule has 0 aromatic rings. The summed E-state index contributed by atoms with van der Waals surface area (Å²) in [5.74, 6) is 0.461. The fourth-order valence-electron chi connectivity index (χ4n) is 1.25. The highest BCUT2D eigenvalue weighted by atomic mass is 16.3. The Morgan fingerprint density at radius 1 is 1.25 bits per heavy atom. The van der Waals surface area contributed by atoms with Gasteiger partial charge >= 0.3 is 0 Å². The maximum Gasteiger partial charge on any atom is 0.0595 e. The van der Waals surface area contributed by atoms with E-state index in [4.69, 9.17) is 0 Å². The second-order valence-electron chi connectivity index (χ2n) is 4.89. The minimum absolute atomic E-state index is 0.0972. The van der Waals surface area contributed by atoms with Gasteiger partial charge in [0.15, 0.2) is 0 Å². The molecule has 0 bridgehead atoms. The van der Waals surface area contributed by atoms with E-state index in [1.807, 2.05) is 20.9 Å². The molecule has 0 saturated heterocycles. The van der Waals surface area contributed by atoms with Crippen LogP contribution in [0, 0.1) is 5.92 Å². The third-order valence-electron chi connectivity index (χ3n) is 2.68. The van der Waals surface area contributed by atoms with Crippen molar-refractivity contribution in [3.63, 3.8) is 0 Å². The van der Waals surface area contributed by atoms with E-state index in [1.165, 1.54) is 0 Å². The Balaban J connectivity index is 4.13. The van der Waals surface area contributed by atoms with Gasteiger partial charge in [0.2, 0.25) is 0 Å². The monoisotopic (exact) mass is 173 g/mol. The fourth-order valence-corrected chi connectivity index (χ4v) is 1.25. The van der Waals surface area contributed by atoms with Gasteiger partial charge in [-0.1, -0.05) is 6.92 Å². The zero-order chi connectivity index (χ0) is 9.99. The number of hydrogen-bond acceptors (Lipinski definition) is 2. The molecule has 0 aliphatic heterocycles. The van der Waals surface area contributed by atoms with Crippen LogP contribution in [0.3, 0.4) is 0 Å². The molecular weight excluding hydrogens is 150 g/mol. The Morgan fingerprint density at radius 3 is 1.92 bits per heavy atom. The van der Waals surface area contributed by atoms with Crippen LogP contribution in [0.4, 0.5) is 0 Å². The normalized spacial score (nSPS) is 16.2. The van der Waals surface area contributed by atoms with E-state index in [0.717, 1.165) is 6.42 Å². The molecule has 0 radical (unpaired) electrons. The van der Waals surface area contributed by atoms with Gasteiger partial charge in [-0.05, 0) is 47.1 Å². The van der Waals surface area contributed by atoms with Crippen molar-refractivity contribution in [1.82, 2.24) is 5.32 Å². The number of hydrogen-bond donors (Lipinski definition) is 2. The highest BCUT2D eigenvalue weighted by Crippen LogP contribution is 2.24. The summed E-state index contributed by atoms with van der Waals surface area (Å²) < 4.78 is 0. The standard InChI is InChI=1S/C10H23NO/c1-8(7-9(2,3)12)10(4,5)11-6/h8,11-12H,7H2,1-6H3. The summed E-state index contributed by atoms with van der Waals surface area (Å²) in [5.41, 5.74) is -0.465. The van der Waals surface area contributed by atoms with E-state index in [9.17, 15) is 5.11 Å². The van der Waals surface area contributed by atoms with Crippen molar-refractivity contribution in [2.45, 2.75) is 52.2 Å². The maximum atomic E-state index is 9.62. The van der Waals surface area contributed by atoms with Gasteiger partial charge in [-0.2, -0.15) is 0 Å². The lowest BCUT2D eigenvalue weighted by Gasteiger charge is -2.35. The molecule has 0 heterocycles. The van der Waals surface area contributed by atoms with Crippen molar-refractivity contribution in [1.29, 1.82) is 0 Å². The van der Waals surface area contributed by atoms with Crippen molar-refractivity contribution in [3.05, 3.63) is 0 Å². The topological polar surface area (TPSA) is 32.3 Å². The zero-order valence-corrected chi connectivity index (χ0v) is 9.23. The van der Waals surface area contributed by atoms with E-state index in [2.05, 4.69) is 26.1 Å². The van der Waals surface area contributed by atoms with E-state index in [1.54, 1.807) is 0 Å². The molecule has 74 valence electrons. The number of rotatable bonds is 4. The third-order valence-corrected chi connectivity index (χ3v) is 2.68. The molecule has 0 fully saturated rings. The first-order chi connectivity index (χ1) is 5.19. The van der Waals surface area contributed by atoms with Crippen molar-refractivity contribution in [3.8, 4) is 0 Å². The van der Waals surface area contributed by atoms with Gasteiger partial charge in [-0.25, -0.2) is 0 Å². The van der Waals surface area contributed by atoms with Crippen LogP contribution in [0.25, 0.3) is 0 Å². The zero-order valence-electron chi connectivity index (χ0n) is 9.23. The lowest BCUT2D eigenvalue weighted by atomic mass is 9.81. The van der Waals surface area contributed by atoms with Crippen LogP contribution in [0.1, 0.15) is 41.0 Å². The van der Waals surface area contributed by atoms with Gasteiger partial charge in [0, 0.05) is 5.54 Å². The lowest BCUT2D eigenvalue weighted by molar-refractivity contribution is 0.0402. The molecular formula is C10H23NO. The van der Waals surface area contributed by atoms with E-state index in [0.29, 0.717) is 5.92 Å². The summed E-state index contributed by atoms with van der Waals surface area (Å²) >= 11 is 0. The van der Waals surface area contributed by atoms with Crippen molar-refractivity contribution < 1.29 is 5.11 Å². The predicted molar refractivity (Wildman–Crippen MR) is 53.2 cm³/mol. The average Bonchev–Trinajstić information content (AvgIpc) is 1.84. The first-order valence-corrected chi connectivity index (χ1v) is 4.60. The summed E-state index contributed by atoms with van der Waals surface area (Å²) in [6, 6.07) is 0. The SMILES string of the molecule is CNC(C)(C)C(C)CC(C)(C)O. The summed E-state index contributed by atoms with van der Waals surface area (Å²) in [6.45, 7) is 10.2. The highest BCUT2D eigenvalue weighted by Gasteiger charge is 2.28. The highest BCUT2D eigenvalue weighted by molar-refractivity contribution is 4.85. The molecule has 12 heavy (non-hydrogen) atoms. The first kappa shape index (κ1) is 11.9. The van der Waals surface area contributed by atoms with Crippen LogP contribution >= 0.6 is 0 Å². The molecule has 1 atom stereocenters. The molecule has 2 nitrogen and oxygen atoms in total. The van der Waals surface area contributed by atoms with Gasteiger partial charge in [0.1, 0.15) is 0 Å². The second-order valence-corrected chi connectivity index (χ2v) is 4.89. The minimum atomic E-state index is -0.562. The molecule has 0 amide bonds. The van der Waals surface area contributed by atoms with Crippen LogP contribution < -0.4 is 5.32 Å². The van der Waals surface area contributed by atoms with Gasteiger partial charge in [0.05, 0.1) is 5.60 Å². The maximum absolute atomic E-state index is 9.62. The van der Waals surface area contributed by atoms with Crippen molar-refractivity contribution in [2.24, 2.45) is 5.92 Å². The quantitative estimate of drug-likeness (QED) is 0.679. The number of aliphatic hydroxyl groups is 1. The fraction of sp³-hybridized carbons (Fsp3) is 1.00. The summed E-state index contributed by atoms with van der Waals surface area (Å²) in [6.07, 6.45) is 0.820. The summed E-state index contributed by atoms with van der Waals surface area (Å²) in [7, 11) is 1.96. The van der Waals surface area contributed by atoms with E-state index in [-0.39, 0.29) is 5.54 Å². The third kappa shape index (κ3) is 4.07. The molecule has 0 saturated carbocycles. The van der Waals surface area contributed by atoms with Gasteiger partial charge in [-0.3, -0.25) is 0 Å². The Labute approximate surface area is 76.4 Å². The molecule has 2 N–H and O–H groups in total. The van der Waals surface area contributed by atoms with Crippen molar-refractivity contribution >= 4 is 0 Å². The molecule has 0 aliphatic carbocycles. The van der Waals surface area contributed by atoms with Crippen LogP contribution in [0.15, 0.2) is 0 Å². The molecule has 0 aliphatic rings. The molecule has 2 heteroatoms. The Morgan fingerprint density at radius 2 is 1.67 bits per heavy atom. The van der Waals surface area contributed by atoms with Crippen LogP contribution in [-0.4, -0.2) is 23.3 Å². The van der Waals surface area contributed by atoms with Crippen molar-refractivity contribution in [2.75, 3.05) is 7.05 Å². The molecule has 0 aromatic carbocycles. The molecule has 0 rings (SSSR count).